The van der Waals surface area contributed by atoms with Crippen LogP contribution in [-0.4, -0.2) is 24.0 Å². The van der Waals surface area contributed by atoms with Crippen molar-refractivity contribution in [2.75, 3.05) is 6.61 Å². The highest BCUT2D eigenvalue weighted by Crippen LogP contribution is 2.13. The Labute approximate surface area is 115 Å². The smallest absolute Gasteiger partial charge is 0.411 e. The summed E-state index contributed by atoms with van der Waals surface area (Å²) in [5, 5.41) is 0. The minimum atomic E-state index is -1.25. The number of hydrogen-bond acceptors (Lipinski definition) is 5. The molecule has 1 rings (SSSR count). The first-order valence-electron chi connectivity index (χ1n) is 5.74. The van der Waals surface area contributed by atoms with Crippen molar-refractivity contribution in [1.82, 2.24) is 0 Å². The molecule has 0 unspecified atom stereocenters. The van der Waals surface area contributed by atoms with Crippen molar-refractivity contribution in [1.29, 1.82) is 0 Å². The van der Waals surface area contributed by atoms with Gasteiger partial charge in [-0.25, -0.2) is 14.4 Å². The van der Waals surface area contributed by atoms with Crippen molar-refractivity contribution < 1.29 is 23.9 Å². The third kappa shape index (κ3) is 4.71. The minimum absolute atomic E-state index is 0.0431. The van der Waals surface area contributed by atoms with Crippen LogP contribution in [0.1, 0.15) is 40.5 Å². The van der Waals surface area contributed by atoms with E-state index in [9.17, 15) is 14.4 Å². The van der Waals surface area contributed by atoms with Crippen LogP contribution in [0.25, 0.3) is 0 Å². The van der Waals surface area contributed by atoms with Crippen LogP contribution < -0.4 is 0 Å². The predicted molar refractivity (Wildman–Crippen MR) is 68.3 cm³/mol. The number of esters is 2. The molecule has 5 nitrogen and oxygen atoms in total. The quantitative estimate of drug-likeness (QED) is 0.359. The third-order valence-electron chi connectivity index (χ3n) is 2.27. The zero-order valence-corrected chi connectivity index (χ0v) is 11.1. The largest absolute Gasteiger partial charge is 0.462 e. The fourth-order valence-electron chi connectivity index (χ4n) is 1.35. The standard InChI is InChI=1S/C13H13ClO5/c1-2-3-8-18-11(15)9-6-4-5-7-10(9)12(16)19-13(14)17/h4-7H,2-3,8H2,1H3. The predicted octanol–water partition coefficient (Wildman–Crippen LogP) is 3.16. The van der Waals surface area contributed by atoms with Gasteiger partial charge >= 0.3 is 17.4 Å². The van der Waals surface area contributed by atoms with E-state index in [-0.39, 0.29) is 17.7 Å². The summed E-state index contributed by atoms with van der Waals surface area (Å²) in [6, 6.07) is 5.90. The molecule has 6 heteroatoms. The molecule has 0 aliphatic rings. The fourth-order valence-corrected chi connectivity index (χ4v) is 1.42. The Balaban J connectivity index is 2.86. The molecule has 19 heavy (non-hydrogen) atoms. The summed E-state index contributed by atoms with van der Waals surface area (Å²) in [7, 11) is 0. The molecular weight excluding hydrogens is 272 g/mol. The fraction of sp³-hybridized carbons (Fsp3) is 0.308. The monoisotopic (exact) mass is 284 g/mol. The molecule has 0 aliphatic heterocycles. The lowest BCUT2D eigenvalue weighted by molar-refractivity contribution is 0.0487. The van der Waals surface area contributed by atoms with Crippen molar-refractivity contribution >= 4 is 29.0 Å². The molecule has 1 aromatic rings. The summed E-state index contributed by atoms with van der Waals surface area (Å²) in [5.74, 6) is -1.62. The first-order chi connectivity index (χ1) is 9.06. The zero-order chi connectivity index (χ0) is 14.3. The Morgan fingerprint density at radius 2 is 1.68 bits per heavy atom. The van der Waals surface area contributed by atoms with Crippen LogP contribution in [0, 0.1) is 0 Å². The molecule has 0 atom stereocenters. The van der Waals surface area contributed by atoms with Gasteiger partial charge in [-0.05, 0) is 18.6 Å². The molecular formula is C13H13ClO5. The highest BCUT2D eigenvalue weighted by atomic mass is 35.5. The minimum Gasteiger partial charge on any atom is -0.462 e. The van der Waals surface area contributed by atoms with Crippen LogP contribution in [0.4, 0.5) is 4.79 Å². The van der Waals surface area contributed by atoms with E-state index in [1.165, 1.54) is 18.2 Å². The highest BCUT2D eigenvalue weighted by molar-refractivity contribution is 6.62. The average Bonchev–Trinajstić information content (AvgIpc) is 2.38. The topological polar surface area (TPSA) is 69.7 Å². The van der Waals surface area contributed by atoms with Crippen molar-refractivity contribution in [3.05, 3.63) is 35.4 Å². The number of hydrogen-bond donors (Lipinski definition) is 0. The second kappa shape index (κ2) is 7.53. The second-order valence-electron chi connectivity index (χ2n) is 3.66. The number of unbranched alkanes of at least 4 members (excludes halogenated alkanes) is 1. The van der Waals surface area contributed by atoms with E-state index < -0.39 is 17.4 Å². The number of benzene rings is 1. The van der Waals surface area contributed by atoms with Crippen molar-refractivity contribution in [3.8, 4) is 0 Å². The SMILES string of the molecule is CCCCOC(=O)c1ccccc1C(=O)OC(=O)Cl. The lowest BCUT2D eigenvalue weighted by atomic mass is 10.1. The van der Waals surface area contributed by atoms with Gasteiger partial charge in [0, 0.05) is 11.6 Å². The molecule has 0 heterocycles. The van der Waals surface area contributed by atoms with Crippen LogP contribution >= 0.6 is 11.6 Å². The molecule has 1 aromatic carbocycles. The summed E-state index contributed by atoms with van der Waals surface area (Å²) >= 11 is 4.96. The summed E-state index contributed by atoms with van der Waals surface area (Å²) < 4.78 is 9.23. The van der Waals surface area contributed by atoms with E-state index >= 15 is 0 Å². The Hall–Kier alpha value is -1.88. The summed E-state index contributed by atoms with van der Waals surface area (Å²) in [5.41, 5.74) is -1.27. The van der Waals surface area contributed by atoms with Gasteiger partial charge in [0.05, 0.1) is 17.7 Å². The Morgan fingerprint density at radius 1 is 1.11 bits per heavy atom. The molecule has 102 valence electrons. The Kier molecular flexibility index (Phi) is 6.02. The number of ether oxygens (including phenoxy) is 2. The van der Waals surface area contributed by atoms with Crippen LogP contribution in [0.15, 0.2) is 24.3 Å². The van der Waals surface area contributed by atoms with Gasteiger partial charge < -0.3 is 9.47 Å². The Morgan fingerprint density at radius 3 is 2.21 bits per heavy atom. The first-order valence-corrected chi connectivity index (χ1v) is 6.11. The number of rotatable bonds is 5. The van der Waals surface area contributed by atoms with Gasteiger partial charge in [0.1, 0.15) is 0 Å². The molecule has 0 amide bonds. The number of carbonyl (C=O) groups is 3. The molecule has 0 N–H and O–H groups in total. The van der Waals surface area contributed by atoms with E-state index in [1.807, 2.05) is 6.92 Å². The van der Waals surface area contributed by atoms with Gasteiger partial charge in [-0.3, -0.25) is 0 Å². The number of halogens is 1. The highest BCUT2D eigenvalue weighted by Gasteiger charge is 2.20. The first kappa shape index (κ1) is 15.2. The zero-order valence-electron chi connectivity index (χ0n) is 10.3. The van der Waals surface area contributed by atoms with E-state index in [4.69, 9.17) is 16.3 Å². The average molecular weight is 285 g/mol. The van der Waals surface area contributed by atoms with Gasteiger partial charge in [0.25, 0.3) is 0 Å². The van der Waals surface area contributed by atoms with Crippen LogP contribution in [0.3, 0.4) is 0 Å². The molecule has 0 bridgehead atoms. The van der Waals surface area contributed by atoms with Gasteiger partial charge in [-0.1, -0.05) is 25.5 Å². The van der Waals surface area contributed by atoms with E-state index in [0.717, 1.165) is 12.8 Å². The second-order valence-corrected chi connectivity index (χ2v) is 3.97. The molecule has 0 fully saturated rings. The normalized spacial score (nSPS) is 9.79. The maximum absolute atomic E-state index is 11.8. The number of carbonyl (C=O) groups excluding carboxylic acids is 3. The van der Waals surface area contributed by atoms with Crippen LogP contribution in [0.5, 0.6) is 0 Å². The lowest BCUT2D eigenvalue weighted by Crippen LogP contribution is -2.15. The molecule has 0 radical (unpaired) electrons. The molecule has 0 saturated carbocycles. The summed E-state index contributed by atoms with van der Waals surface area (Å²) in [6.45, 7) is 2.23. The van der Waals surface area contributed by atoms with Crippen LogP contribution in [0.2, 0.25) is 0 Å². The maximum atomic E-state index is 11.8. The summed E-state index contributed by atoms with van der Waals surface area (Å²) in [4.78, 5) is 33.9. The van der Waals surface area contributed by atoms with E-state index in [2.05, 4.69) is 4.74 Å². The maximum Gasteiger partial charge on any atom is 0.411 e. The molecule has 0 aromatic heterocycles. The molecule has 0 aliphatic carbocycles. The van der Waals surface area contributed by atoms with Crippen molar-refractivity contribution in [3.63, 3.8) is 0 Å². The molecule has 0 spiro atoms. The van der Waals surface area contributed by atoms with Gasteiger partial charge in [0.15, 0.2) is 0 Å². The lowest BCUT2D eigenvalue weighted by Gasteiger charge is -2.07. The Bertz CT molecular complexity index is 484. The van der Waals surface area contributed by atoms with Crippen molar-refractivity contribution in [2.24, 2.45) is 0 Å². The molecule has 0 saturated heterocycles. The van der Waals surface area contributed by atoms with E-state index in [1.54, 1.807) is 6.07 Å². The summed E-state index contributed by atoms with van der Waals surface area (Å²) in [6.07, 6.45) is 1.62. The van der Waals surface area contributed by atoms with Gasteiger partial charge in [-0.15, -0.1) is 0 Å². The third-order valence-corrected chi connectivity index (χ3v) is 2.35. The van der Waals surface area contributed by atoms with Crippen LogP contribution in [-0.2, 0) is 9.47 Å². The van der Waals surface area contributed by atoms with Gasteiger partial charge in [0.2, 0.25) is 0 Å². The van der Waals surface area contributed by atoms with E-state index in [0.29, 0.717) is 0 Å². The van der Waals surface area contributed by atoms with Gasteiger partial charge in [-0.2, -0.15) is 0 Å². The van der Waals surface area contributed by atoms with Crippen molar-refractivity contribution in [2.45, 2.75) is 19.8 Å².